The highest BCUT2D eigenvalue weighted by atomic mass is 19.1. The molecule has 3 rings (SSSR count). The van der Waals surface area contributed by atoms with Gasteiger partial charge in [-0.05, 0) is 31.2 Å². The first-order valence-electron chi connectivity index (χ1n) is 7.49. The van der Waals surface area contributed by atoms with Gasteiger partial charge in [0.05, 0.1) is 23.1 Å². The van der Waals surface area contributed by atoms with Crippen LogP contribution in [0.4, 0.5) is 10.1 Å². The molecule has 3 aromatic rings. The lowest BCUT2D eigenvalue weighted by molar-refractivity contribution is 0.624. The SMILES string of the molecule is Cc1ncc(-c2cccc(N=C(NN)c3ccccc3F)c2)n1C. The van der Waals surface area contributed by atoms with E-state index < -0.39 is 0 Å². The summed E-state index contributed by atoms with van der Waals surface area (Å²) in [5.41, 5.74) is 5.43. The molecule has 1 aromatic heterocycles. The zero-order valence-electron chi connectivity index (χ0n) is 13.5. The molecule has 5 nitrogen and oxygen atoms in total. The second-order valence-electron chi connectivity index (χ2n) is 5.38. The Hall–Kier alpha value is -2.99. The lowest BCUT2D eigenvalue weighted by Gasteiger charge is -2.08. The molecule has 0 bridgehead atoms. The molecule has 0 aliphatic rings. The van der Waals surface area contributed by atoms with Gasteiger partial charge in [0.25, 0.3) is 0 Å². The van der Waals surface area contributed by atoms with Gasteiger partial charge >= 0.3 is 0 Å². The number of aliphatic imine (C=N–C) groups is 1. The number of rotatable bonds is 3. The Bertz CT molecular complexity index is 898. The van der Waals surface area contributed by atoms with Crippen molar-refractivity contribution in [1.29, 1.82) is 0 Å². The van der Waals surface area contributed by atoms with E-state index in [-0.39, 0.29) is 11.7 Å². The average Bonchev–Trinajstić information content (AvgIpc) is 2.93. The lowest BCUT2D eigenvalue weighted by atomic mass is 10.1. The van der Waals surface area contributed by atoms with Crippen LogP contribution >= 0.6 is 0 Å². The smallest absolute Gasteiger partial charge is 0.150 e. The molecular weight excluding hydrogens is 305 g/mol. The Morgan fingerprint density at radius 1 is 1.21 bits per heavy atom. The molecule has 24 heavy (non-hydrogen) atoms. The molecule has 1 heterocycles. The molecular formula is C18H18FN5. The van der Waals surface area contributed by atoms with Gasteiger partial charge in [0, 0.05) is 12.6 Å². The largest absolute Gasteiger partial charge is 0.331 e. The first kappa shape index (κ1) is 15.9. The van der Waals surface area contributed by atoms with Crippen LogP contribution in [-0.2, 0) is 7.05 Å². The minimum absolute atomic E-state index is 0.270. The Morgan fingerprint density at radius 2 is 2.00 bits per heavy atom. The normalized spacial score (nSPS) is 11.6. The summed E-state index contributed by atoms with van der Waals surface area (Å²) in [6.45, 7) is 1.94. The van der Waals surface area contributed by atoms with E-state index in [9.17, 15) is 4.39 Å². The molecule has 0 atom stereocenters. The maximum absolute atomic E-state index is 13.9. The molecule has 0 saturated carbocycles. The number of halogens is 1. The number of hydrogen-bond donors (Lipinski definition) is 2. The van der Waals surface area contributed by atoms with Crippen LogP contribution in [0.25, 0.3) is 11.3 Å². The van der Waals surface area contributed by atoms with Crippen molar-refractivity contribution in [3.05, 3.63) is 71.9 Å². The van der Waals surface area contributed by atoms with Crippen LogP contribution in [0, 0.1) is 12.7 Å². The third kappa shape index (κ3) is 3.04. The Balaban J connectivity index is 2.02. The third-order valence-corrected chi connectivity index (χ3v) is 3.87. The number of nitrogens with one attached hydrogen (secondary N) is 1. The number of aromatic nitrogens is 2. The Kier molecular flexibility index (Phi) is 4.39. The van der Waals surface area contributed by atoms with E-state index in [4.69, 9.17) is 5.84 Å². The molecule has 3 N–H and O–H groups in total. The van der Waals surface area contributed by atoms with E-state index in [1.165, 1.54) is 6.07 Å². The zero-order chi connectivity index (χ0) is 17.1. The molecule has 2 aromatic carbocycles. The Morgan fingerprint density at radius 3 is 2.67 bits per heavy atom. The van der Waals surface area contributed by atoms with Crippen molar-refractivity contribution >= 4 is 11.5 Å². The summed E-state index contributed by atoms with van der Waals surface area (Å²) < 4.78 is 15.9. The van der Waals surface area contributed by atoms with Crippen molar-refractivity contribution in [3.8, 4) is 11.3 Å². The molecule has 0 saturated heterocycles. The van der Waals surface area contributed by atoms with Crippen molar-refractivity contribution in [2.24, 2.45) is 17.9 Å². The van der Waals surface area contributed by atoms with Gasteiger partial charge in [-0.1, -0.05) is 24.3 Å². The monoisotopic (exact) mass is 323 g/mol. The predicted octanol–water partition coefficient (Wildman–Crippen LogP) is 3.08. The summed E-state index contributed by atoms with van der Waals surface area (Å²) in [6.07, 6.45) is 1.82. The minimum atomic E-state index is -0.382. The number of aryl methyl sites for hydroxylation is 1. The second-order valence-corrected chi connectivity index (χ2v) is 5.38. The van der Waals surface area contributed by atoms with Gasteiger partial charge in [-0.15, -0.1) is 0 Å². The van der Waals surface area contributed by atoms with Gasteiger partial charge in [-0.25, -0.2) is 20.2 Å². The van der Waals surface area contributed by atoms with E-state index in [1.807, 2.05) is 49.0 Å². The van der Waals surface area contributed by atoms with E-state index in [1.54, 1.807) is 18.2 Å². The van der Waals surface area contributed by atoms with E-state index >= 15 is 0 Å². The summed E-state index contributed by atoms with van der Waals surface area (Å²) in [6, 6.07) is 14.0. The van der Waals surface area contributed by atoms with E-state index in [0.29, 0.717) is 11.3 Å². The van der Waals surface area contributed by atoms with E-state index in [2.05, 4.69) is 15.4 Å². The quantitative estimate of drug-likeness (QED) is 0.337. The first-order chi connectivity index (χ1) is 11.6. The Labute approximate surface area is 139 Å². The minimum Gasteiger partial charge on any atom is -0.331 e. The lowest BCUT2D eigenvalue weighted by Crippen LogP contribution is -2.31. The average molecular weight is 323 g/mol. The molecule has 0 spiro atoms. The summed E-state index contributed by atoms with van der Waals surface area (Å²) in [4.78, 5) is 8.75. The molecule has 0 radical (unpaired) electrons. The highest BCUT2D eigenvalue weighted by molar-refractivity contribution is 6.00. The van der Waals surface area contributed by atoms with Crippen LogP contribution in [0.5, 0.6) is 0 Å². The standard InChI is InChI=1S/C18H18FN5/c1-12-21-11-17(24(12)2)13-6-5-7-14(10-13)22-18(23-20)15-8-3-4-9-16(15)19/h3-11H,20H2,1-2H3,(H,22,23). The highest BCUT2D eigenvalue weighted by Crippen LogP contribution is 2.25. The van der Waals surface area contributed by atoms with Gasteiger partial charge in [0.2, 0.25) is 0 Å². The molecule has 0 aliphatic heterocycles. The van der Waals surface area contributed by atoms with Crippen molar-refractivity contribution in [1.82, 2.24) is 15.0 Å². The maximum Gasteiger partial charge on any atom is 0.150 e. The van der Waals surface area contributed by atoms with Crippen molar-refractivity contribution in [2.45, 2.75) is 6.92 Å². The fourth-order valence-corrected chi connectivity index (χ4v) is 2.46. The van der Waals surface area contributed by atoms with E-state index in [0.717, 1.165) is 17.1 Å². The van der Waals surface area contributed by atoms with Crippen LogP contribution in [0.15, 0.2) is 59.7 Å². The number of benzene rings is 2. The van der Waals surface area contributed by atoms with Gasteiger partial charge < -0.3 is 9.99 Å². The number of hydrogen-bond acceptors (Lipinski definition) is 3. The van der Waals surface area contributed by atoms with Crippen LogP contribution in [-0.4, -0.2) is 15.4 Å². The van der Waals surface area contributed by atoms with Crippen LogP contribution in [0.1, 0.15) is 11.4 Å². The first-order valence-corrected chi connectivity index (χ1v) is 7.49. The zero-order valence-corrected chi connectivity index (χ0v) is 13.5. The summed E-state index contributed by atoms with van der Waals surface area (Å²) in [5.74, 6) is 6.35. The predicted molar refractivity (Wildman–Crippen MR) is 93.3 cm³/mol. The molecule has 0 fully saturated rings. The molecule has 122 valence electrons. The molecule has 0 unspecified atom stereocenters. The van der Waals surface area contributed by atoms with Crippen LogP contribution < -0.4 is 11.3 Å². The number of imidazole rings is 1. The van der Waals surface area contributed by atoms with Gasteiger partial charge in [-0.3, -0.25) is 0 Å². The highest BCUT2D eigenvalue weighted by Gasteiger charge is 2.09. The van der Waals surface area contributed by atoms with Crippen molar-refractivity contribution in [3.63, 3.8) is 0 Å². The maximum atomic E-state index is 13.9. The van der Waals surface area contributed by atoms with Gasteiger partial charge in [0.15, 0.2) is 5.84 Å². The molecule has 0 aliphatic carbocycles. The third-order valence-electron chi connectivity index (χ3n) is 3.87. The summed E-state index contributed by atoms with van der Waals surface area (Å²) in [5, 5.41) is 0. The van der Waals surface area contributed by atoms with Gasteiger partial charge in [-0.2, -0.15) is 0 Å². The fourth-order valence-electron chi connectivity index (χ4n) is 2.46. The number of hydrazine groups is 1. The second kappa shape index (κ2) is 6.64. The van der Waals surface area contributed by atoms with Crippen molar-refractivity contribution in [2.75, 3.05) is 0 Å². The number of nitrogens with zero attached hydrogens (tertiary/aromatic N) is 3. The fraction of sp³-hybridized carbons (Fsp3) is 0.111. The summed E-state index contributed by atoms with van der Waals surface area (Å²) >= 11 is 0. The molecule has 6 heteroatoms. The van der Waals surface area contributed by atoms with Crippen molar-refractivity contribution < 1.29 is 4.39 Å². The van der Waals surface area contributed by atoms with Crippen LogP contribution in [0.3, 0.4) is 0 Å². The van der Waals surface area contributed by atoms with Crippen LogP contribution in [0.2, 0.25) is 0 Å². The number of amidine groups is 1. The number of nitrogens with two attached hydrogens (primary N) is 1. The van der Waals surface area contributed by atoms with Gasteiger partial charge in [0.1, 0.15) is 11.6 Å². The molecule has 0 amide bonds. The summed E-state index contributed by atoms with van der Waals surface area (Å²) in [7, 11) is 1.96. The topological polar surface area (TPSA) is 68.2 Å².